The summed E-state index contributed by atoms with van der Waals surface area (Å²) in [5.74, 6) is -0.388. The van der Waals surface area contributed by atoms with Gasteiger partial charge >= 0.3 is 5.97 Å². The number of aliphatic imine (C=N–C) groups is 1. The second kappa shape index (κ2) is 8.31. The largest absolute Gasteiger partial charge is 0.496 e. The summed E-state index contributed by atoms with van der Waals surface area (Å²) < 4.78 is 9.81. The van der Waals surface area contributed by atoms with E-state index in [1.807, 2.05) is 0 Å². The second-order valence-electron chi connectivity index (χ2n) is 6.24. The Morgan fingerprint density at radius 2 is 1.96 bits per heavy atom. The fourth-order valence-corrected chi connectivity index (χ4v) is 1.73. The van der Waals surface area contributed by atoms with E-state index in [4.69, 9.17) is 4.74 Å². The van der Waals surface area contributed by atoms with Gasteiger partial charge in [-0.15, -0.1) is 0 Å². The molecule has 1 rings (SSSR count). The molecule has 0 bridgehead atoms. The van der Waals surface area contributed by atoms with Gasteiger partial charge in [-0.2, -0.15) is 0 Å². The number of amides is 1. The summed E-state index contributed by atoms with van der Waals surface area (Å²) in [5.41, 5.74) is 0.985. The molecular formula is C17H24N2O4. The molecule has 1 aromatic carbocycles. The Hall–Kier alpha value is -2.37. The van der Waals surface area contributed by atoms with Gasteiger partial charge in [-0.25, -0.2) is 4.79 Å². The molecule has 1 aromatic rings. The van der Waals surface area contributed by atoms with Gasteiger partial charge in [-0.3, -0.25) is 9.79 Å². The van der Waals surface area contributed by atoms with Gasteiger partial charge in [-0.1, -0.05) is 20.8 Å². The lowest BCUT2D eigenvalue weighted by molar-refractivity contribution is -0.114. The van der Waals surface area contributed by atoms with Gasteiger partial charge in [0.15, 0.2) is 0 Å². The molecule has 6 nitrogen and oxygen atoms in total. The number of nitrogens with zero attached hydrogens (tertiary/aromatic N) is 1. The topological polar surface area (TPSA) is 77.0 Å². The summed E-state index contributed by atoms with van der Waals surface area (Å²) in [6, 6.07) is 4.73. The van der Waals surface area contributed by atoms with Gasteiger partial charge in [-0.05, 0) is 30.2 Å². The Balaban J connectivity index is 2.67. The Morgan fingerprint density at radius 3 is 2.52 bits per heavy atom. The van der Waals surface area contributed by atoms with Gasteiger partial charge in [0, 0.05) is 11.8 Å². The van der Waals surface area contributed by atoms with Crippen LogP contribution in [0, 0.1) is 5.41 Å². The van der Waals surface area contributed by atoms with E-state index in [-0.39, 0.29) is 17.9 Å². The Bertz CT molecular complexity index is 589. The third-order valence-electron chi connectivity index (χ3n) is 2.96. The first-order valence-electron chi connectivity index (χ1n) is 7.31. The SMILES string of the molecule is COC(=O)c1ccc(NC(=O)C/N=C/CC(C)(C)C)cc1OC. The van der Waals surface area contributed by atoms with Crippen molar-refractivity contribution in [3.8, 4) is 5.75 Å². The number of ether oxygens (including phenoxy) is 2. The highest BCUT2D eigenvalue weighted by molar-refractivity contribution is 5.96. The van der Waals surface area contributed by atoms with Crippen LogP contribution in [0.4, 0.5) is 5.69 Å². The summed E-state index contributed by atoms with van der Waals surface area (Å²) in [6.07, 6.45) is 2.57. The molecule has 0 aliphatic carbocycles. The lowest BCUT2D eigenvalue weighted by Crippen LogP contribution is -2.15. The van der Waals surface area contributed by atoms with Gasteiger partial charge in [0.25, 0.3) is 0 Å². The number of methoxy groups -OCH3 is 2. The van der Waals surface area contributed by atoms with Crippen molar-refractivity contribution in [2.24, 2.45) is 10.4 Å². The van der Waals surface area contributed by atoms with E-state index in [0.717, 1.165) is 6.42 Å². The minimum absolute atomic E-state index is 0.0527. The van der Waals surface area contributed by atoms with Crippen molar-refractivity contribution in [3.63, 3.8) is 0 Å². The minimum Gasteiger partial charge on any atom is -0.496 e. The molecule has 0 aromatic heterocycles. The molecule has 0 unspecified atom stereocenters. The van der Waals surface area contributed by atoms with E-state index in [9.17, 15) is 9.59 Å². The predicted octanol–water partition coefficient (Wildman–Crippen LogP) is 2.93. The van der Waals surface area contributed by atoms with Crippen LogP contribution in [0.3, 0.4) is 0 Å². The Kier molecular flexibility index (Phi) is 6.75. The highest BCUT2D eigenvalue weighted by Crippen LogP contribution is 2.23. The number of carbonyl (C=O) groups is 2. The number of rotatable bonds is 6. The van der Waals surface area contributed by atoms with Crippen molar-refractivity contribution in [2.75, 3.05) is 26.1 Å². The molecule has 0 aliphatic heterocycles. The fourth-order valence-electron chi connectivity index (χ4n) is 1.73. The van der Waals surface area contributed by atoms with Crippen LogP contribution >= 0.6 is 0 Å². The highest BCUT2D eigenvalue weighted by atomic mass is 16.5. The van der Waals surface area contributed by atoms with Crippen LogP contribution in [0.2, 0.25) is 0 Å². The first-order chi connectivity index (χ1) is 10.8. The molecule has 0 heterocycles. The predicted molar refractivity (Wildman–Crippen MR) is 90.4 cm³/mol. The zero-order chi connectivity index (χ0) is 17.5. The lowest BCUT2D eigenvalue weighted by atomic mass is 9.93. The molecule has 0 radical (unpaired) electrons. The first-order valence-corrected chi connectivity index (χ1v) is 7.31. The van der Waals surface area contributed by atoms with Crippen LogP contribution in [-0.2, 0) is 9.53 Å². The van der Waals surface area contributed by atoms with Crippen molar-refractivity contribution in [1.29, 1.82) is 0 Å². The van der Waals surface area contributed by atoms with Gasteiger partial charge in [0.05, 0.1) is 14.2 Å². The van der Waals surface area contributed by atoms with Gasteiger partial charge < -0.3 is 14.8 Å². The van der Waals surface area contributed by atoms with E-state index in [1.54, 1.807) is 24.4 Å². The molecule has 6 heteroatoms. The summed E-state index contributed by atoms with van der Waals surface area (Å²) >= 11 is 0. The molecule has 1 N–H and O–H groups in total. The lowest BCUT2D eigenvalue weighted by Gasteiger charge is -2.13. The number of hydrogen-bond acceptors (Lipinski definition) is 5. The van der Waals surface area contributed by atoms with Crippen molar-refractivity contribution < 1.29 is 19.1 Å². The minimum atomic E-state index is -0.494. The highest BCUT2D eigenvalue weighted by Gasteiger charge is 2.14. The van der Waals surface area contributed by atoms with Crippen LogP contribution in [0.5, 0.6) is 5.75 Å². The summed E-state index contributed by atoms with van der Waals surface area (Å²) in [5, 5.41) is 2.71. The number of nitrogens with one attached hydrogen (secondary N) is 1. The maximum atomic E-state index is 11.9. The van der Waals surface area contributed by atoms with Gasteiger partial charge in [0.2, 0.25) is 5.91 Å². The molecule has 126 valence electrons. The quantitative estimate of drug-likeness (QED) is 0.646. The monoisotopic (exact) mass is 320 g/mol. The number of esters is 1. The number of anilines is 1. The Labute approximate surface area is 136 Å². The van der Waals surface area contributed by atoms with E-state index < -0.39 is 5.97 Å². The van der Waals surface area contributed by atoms with E-state index in [1.165, 1.54) is 14.2 Å². The molecular weight excluding hydrogens is 296 g/mol. The zero-order valence-electron chi connectivity index (χ0n) is 14.3. The number of benzene rings is 1. The summed E-state index contributed by atoms with van der Waals surface area (Å²) in [6.45, 7) is 6.37. The van der Waals surface area contributed by atoms with Crippen molar-refractivity contribution >= 4 is 23.8 Å². The molecule has 0 aliphatic rings. The summed E-state index contributed by atoms with van der Waals surface area (Å²) in [7, 11) is 2.75. The Morgan fingerprint density at radius 1 is 1.26 bits per heavy atom. The second-order valence-corrected chi connectivity index (χ2v) is 6.24. The molecule has 0 atom stereocenters. The molecule has 0 fully saturated rings. The average Bonchev–Trinajstić information content (AvgIpc) is 2.49. The fraction of sp³-hybridized carbons (Fsp3) is 0.471. The number of hydrogen-bond donors (Lipinski definition) is 1. The van der Waals surface area contributed by atoms with Gasteiger partial charge in [0.1, 0.15) is 17.9 Å². The maximum Gasteiger partial charge on any atom is 0.341 e. The number of carbonyl (C=O) groups excluding carboxylic acids is 2. The van der Waals surface area contributed by atoms with Crippen LogP contribution < -0.4 is 10.1 Å². The van der Waals surface area contributed by atoms with Crippen molar-refractivity contribution in [3.05, 3.63) is 23.8 Å². The zero-order valence-corrected chi connectivity index (χ0v) is 14.3. The van der Waals surface area contributed by atoms with Crippen molar-refractivity contribution in [1.82, 2.24) is 0 Å². The molecule has 0 saturated heterocycles. The summed E-state index contributed by atoms with van der Waals surface area (Å²) in [4.78, 5) is 27.5. The molecule has 23 heavy (non-hydrogen) atoms. The third kappa shape index (κ3) is 6.50. The normalized spacial score (nSPS) is 11.3. The van der Waals surface area contributed by atoms with Crippen LogP contribution in [0.1, 0.15) is 37.6 Å². The van der Waals surface area contributed by atoms with E-state index in [0.29, 0.717) is 17.0 Å². The van der Waals surface area contributed by atoms with Crippen LogP contribution in [0.15, 0.2) is 23.2 Å². The van der Waals surface area contributed by atoms with Crippen LogP contribution in [0.25, 0.3) is 0 Å². The third-order valence-corrected chi connectivity index (χ3v) is 2.96. The molecule has 0 spiro atoms. The van der Waals surface area contributed by atoms with E-state index >= 15 is 0 Å². The first kappa shape index (κ1) is 18.7. The van der Waals surface area contributed by atoms with Crippen LogP contribution in [-0.4, -0.2) is 38.9 Å². The maximum absolute atomic E-state index is 11.9. The smallest absolute Gasteiger partial charge is 0.341 e. The van der Waals surface area contributed by atoms with Crippen molar-refractivity contribution in [2.45, 2.75) is 27.2 Å². The standard InChI is InChI=1S/C17H24N2O4/c1-17(2,3)8-9-18-11-15(20)19-12-6-7-13(16(21)23-5)14(10-12)22-4/h6-7,9-10H,8,11H2,1-5H3,(H,19,20)/b18-9+. The molecule has 0 saturated carbocycles. The molecule has 1 amide bonds. The van der Waals surface area contributed by atoms with E-state index in [2.05, 4.69) is 35.8 Å². The average molecular weight is 320 g/mol.